The minimum atomic E-state index is -0.956. The second-order valence-electron chi connectivity index (χ2n) is 3.74. The fourth-order valence-electron chi connectivity index (χ4n) is 1.55. The summed E-state index contributed by atoms with van der Waals surface area (Å²) in [6.45, 7) is 0. The van der Waals surface area contributed by atoms with Gasteiger partial charge in [0.1, 0.15) is 0 Å². The van der Waals surface area contributed by atoms with E-state index in [1.54, 1.807) is 18.2 Å². The highest BCUT2D eigenvalue weighted by Crippen LogP contribution is 2.25. The first kappa shape index (κ1) is 14.0. The van der Waals surface area contributed by atoms with Crippen molar-refractivity contribution in [3.8, 4) is 0 Å². The topological polar surface area (TPSA) is 66.4 Å². The van der Waals surface area contributed by atoms with E-state index in [2.05, 4.69) is 5.32 Å². The Labute approximate surface area is 122 Å². The average molecular weight is 316 g/mol. The summed E-state index contributed by atoms with van der Waals surface area (Å²) in [5, 5.41) is 13.5. The van der Waals surface area contributed by atoms with Crippen LogP contribution in [0.15, 0.2) is 29.6 Å². The van der Waals surface area contributed by atoms with Crippen LogP contribution < -0.4 is 5.32 Å². The van der Waals surface area contributed by atoms with Crippen LogP contribution >= 0.6 is 34.3 Å². The molecule has 2 aromatic heterocycles. The average Bonchev–Trinajstić information content (AvgIpc) is 2.97. The fraction of sp³-hybridized carbons (Fsp3) is 0.167. The van der Waals surface area contributed by atoms with Crippen LogP contribution in [0.25, 0.3) is 0 Å². The van der Waals surface area contributed by atoms with Crippen molar-refractivity contribution in [3.05, 3.63) is 43.7 Å². The van der Waals surface area contributed by atoms with E-state index in [0.29, 0.717) is 9.21 Å². The molecular weight excluding hydrogens is 306 g/mol. The third-order valence-corrected chi connectivity index (χ3v) is 4.58. The van der Waals surface area contributed by atoms with Gasteiger partial charge in [-0.2, -0.15) is 0 Å². The van der Waals surface area contributed by atoms with E-state index in [-0.39, 0.29) is 12.3 Å². The second-order valence-corrected chi connectivity index (χ2v) is 6.44. The molecular formula is C12H10ClNO3S2. The van der Waals surface area contributed by atoms with Crippen LogP contribution in [-0.4, -0.2) is 17.0 Å². The van der Waals surface area contributed by atoms with Crippen molar-refractivity contribution in [1.29, 1.82) is 0 Å². The molecule has 2 heterocycles. The molecule has 0 saturated heterocycles. The Morgan fingerprint density at radius 2 is 2.16 bits per heavy atom. The van der Waals surface area contributed by atoms with E-state index >= 15 is 0 Å². The summed E-state index contributed by atoms with van der Waals surface area (Å²) in [5.41, 5.74) is 0. The van der Waals surface area contributed by atoms with Crippen LogP contribution in [0.4, 0.5) is 0 Å². The maximum Gasteiger partial charge on any atom is 0.305 e. The molecule has 1 unspecified atom stereocenters. The quantitative estimate of drug-likeness (QED) is 0.888. The standard InChI is InChI=1S/C12H10ClNO3S2/c13-10-4-3-9(19-10)12(17)14-7(6-11(15)16)8-2-1-5-18-8/h1-5,7H,6H2,(H,14,17)(H,15,16). The van der Waals surface area contributed by atoms with E-state index in [9.17, 15) is 9.59 Å². The summed E-state index contributed by atoms with van der Waals surface area (Å²) < 4.78 is 0.524. The predicted molar refractivity (Wildman–Crippen MR) is 76.1 cm³/mol. The minimum Gasteiger partial charge on any atom is -0.481 e. The molecule has 0 radical (unpaired) electrons. The van der Waals surface area contributed by atoms with Crippen molar-refractivity contribution >= 4 is 46.2 Å². The van der Waals surface area contributed by atoms with E-state index in [1.807, 2.05) is 11.4 Å². The first-order valence-electron chi connectivity index (χ1n) is 5.37. The smallest absolute Gasteiger partial charge is 0.305 e. The zero-order valence-electron chi connectivity index (χ0n) is 9.63. The second kappa shape index (κ2) is 6.18. The molecule has 1 atom stereocenters. The lowest BCUT2D eigenvalue weighted by Crippen LogP contribution is -2.29. The molecule has 2 rings (SSSR count). The lowest BCUT2D eigenvalue weighted by Gasteiger charge is -2.14. The fourth-order valence-corrected chi connectivity index (χ4v) is 3.28. The van der Waals surface area contributed by atoms with Crippen LogP contribution in [0, 0.1) is 0 Å². The molecule has 0 aromatic carbocycles. The number of halogens is 1. The van der Waals surface area contributed by atoms with Gasteiger partial charge in [0.05, 0.1) is 21.7 Å². The summed E-state index contributed by atoms with van der Waals surface area (Å²) in [6.07, 6.45) is -0.147. The molecule has 2 aromatic rings. The van der Waals surface area contributed by atoms with E-state index in [4.69, 9.17) is 16.7 Å². The number of carbonyl (C=O) groups is 2. The molecule has 19 heavy (non-hydrogen) atoms. The molecule has 4 nitrogen and oxygen atoms in total. The first-order valence-corrected chi connectivity index (χ1v) is 7.45. The summed E-state index contributed by atoms with van der Waals surface area (Å²) in [6, 6.07) is 6.36. The normalized spacial score (nSPS) is 12.1. The van der Waals surface area contributed by atoms with Crippen molar-refractivity contribution in [2.24, 2.45) is 0 Å². The molecule has 0 aliphatic rings. The lowest BCUT2D eigenvalue weighted by molar-refractivity contribution is -0.137. The van der Waals surface area contributed by atoms with Crippen molar-refractivity contribution in [3.63, 3.8) is 0 Å². The van der Waals surface area contributed by atoms with Gasteiger partial charge in [0.15, 0.2) is 0 Å². The number of carbonyl (C=O) groups excluding carboxylic acids is 1. The third kappa shape index (κ3) is 3.79. The molecule has 1 amide bonds. The van der Waals surface area contributed by atoms with Crippen molar-refractivity contribution in [2.45, 2.75) is 12.5 Å². The van der Waals surface area contributed by atoms with Crippen LogP contribution in [-0.2, 0) is 4.79 Å². The summed E-state index contributed by atoms with van der Waals surface area (Å²) >= 11 is 8.35. The Morgan fingerprint density at radius 3 is 2.68 bits per heavy atom. The number of rotatable bonds is 5. The largest absolute Gasteiger partial charge is 0.481 e. The Balaban J connectivity index is 2.12. The van der Waals surface area contributed by atoms with Gasteiger partial charge < -0.3 is 10.4 Å². The van der Waals surface area contributed by atoms with Gasteiger partial charge in [0, 0.05) is 4.88 Å². The Morgan fingerprint density at radius 1 is 1.37 bits per heavy atom. The summed E-state index contributed by atoms with van der Waals surface area (Å²) in [5.74, 6) is -1.26. The number of hydrogen-bond donors (Lipinski definition) is 2. The maximum absolute atomic E-state index is 12.0. The zero-order valence-corrected chi connectivity index (χ0v) is 12.0. The highest BCUT2D eigenvalue weighted by molar-refractivity contribution is 7.18. The number of amides is 1. The van der Waals surface area contributed by atoms with Gasteiger partial charge >= 0.3 is 5.97 Å². The minimum absolute atomic E-state index is 0.147. The monoisotopic (exact) mass is 315 g/mol. The maximum atomic E-state index is 12.0. The van der Waals surface area contributed by atoms with Crippen LogP contribution in [0.2, 0.25) is 4.34 Å². The van der Waals surface area contributed by atoms with E-state index in [0.717, 1.165) is 16.2 Å². The number of carboxylic acid groups (broad SMARTS) is 1. The molecule has 100 valence electrons. The van der Waals surface area contributed by atoms with Gasteiger partial charge in [-0.25, -0.2) is 0 Å². The highest BCUT2D eigenvalue weighted by atomic mass is 35.5. The lowest BCUT2D eigenvalue weighted by atomic mass is 10.1. The van der Waals surface area contributed by atoms with E-state index in [1.165, 1.54) is 11.3 Å². The van der Waals surface area contributed by atoms with Crippen molar-refractivity contribution in [2.75, 3.05) is 0 Å². The number of nitrogens with one attached hydrogen (secondary N) is 1. The number of thiophene rings is 2. The number of carboxylic acids is 1. The first-order chi connectivity index (χ1) is 9.06. The molecule has 0 saturated carbocycles. The summed E-state index contributed by atoms with van der Waals surface area (Å²) in [4.78, 5) is 24.1. The zero-order chi connectivity index (χ0) is 13.8. The third-order valence-electron chi connectivity index (χ3n) is 2.37. The number of hydrogen-bond acceptors (Lipinski definition) is 4. The van der Waals surface area contributed by atoms with Gasteiger partial charge in [-0.05, 0) is 23.6 Å². The molecule has 0 spiro atoms. The van der Waals surface area contributed by atoms with Gasteiger partial charge in [0.2, 0.25) is 0 Å². The number of aliphatic carboxylic acids is 1. The molecule has 0 fully saturated rings. The van der Waals surface area contributed by atoms with Gasteiger partial charge in [-0.3, -0.25) is 9.59 Å². The Hall–Kier alpha value is -1.37. The molecule has 2 N–H and O–H groups in total. The Kier molecular flexibility index (Phi) is 4.57. The highest BCUT2D eigenvalue weighted by Gasteiger charge is 2.20. The van der Waals surface area contributed by atoms with Crippen LogP contribution in [0.3, 0.4) is 0 Å². The van der Waals surface area contributed by atoms with Crippen LogP contribution in [0.1, 0.15) is 27.0 Å². The molecule has 7 heteroatoms. The van der Waals surface area contributed by atoms with Gasteiger partial charge in [-0.1, -0.05) is 17.7 Å². The van der Waals surface area contributed by atoms with Crippen molar-refractivity contribution < 1.29 is 14.7 Å². The van der Waals surface area contributed by atoms with E-state index < -0.39 is 12.0 Å². The molecule has 0 bridgehead atoms. The van der Waals surface area contributed by atoms with Gasteiger partial charge in [0.25, 0.3) is 5.91 Å². The van der Waals surface area contributed by atoms with Gasteiger partial charge in [-0.15, -0.1) is 22.7 Å². The molecule has 0 aliphatic carbocycles. The summed E-state index contributed by atoms with van der Waals surface area (Å²) in [7, 11) is 0. The van der Waals surface area contributed by atoms with Crippen molar-refractivity contribution in [1.82, 2.24) is 5.32 Å². The Bertz CT molecular complexity index is 580. The SMILES string of the molecule is O=C(O)CC(NC(=O)c1ccc(Cl)s1)c1cccs1. The predicted octanol–water partition coefficient (Wildman–Crippen LogP) is 3.41. The molecule has 0 aliphatic heterocycles. The van der Waals surface area contributed by atoms with Crippen LogP contribution in [0.5, 0.6) is 0 Å².